The van der Waals surface area contributed by atoms with Crippen molar-refractivity contribution in [1.82, 2.24) is 0 Å². The standard InChI is InChI=1S/C9H8Cl2O2/c10-4-6-1-7(5-11)3-8(2-6)9(12)13/h1-3H,4-5H2,(H,12,13). The van der Waals surface area contributed by atoms with Crippen molar-refractivity contribution in [3.8, 4) is 0 Å². The largest absolute Gasteiger partial charge is 0.478 e. The van der Waals surface area contributed by atoms with Crippen LogP contribution < -0.4 is 0 Å². The Hall–Kier alpha value is -0.730. The van der Waals surface area contributed by atoms with Crippen LogP contribution in [-0.2, 0) is 11.8 Å². The van der Waals surface area contributed by atoms with Crippen LogP contribution >= 0.6 is 23.2 Å². The van der Waals surface area contributed by atoms with Crippen molar-refractivity contribution < 1.29 is 9.90 Å². The second-order valence-corrected chi connectivity index (χ2v) is 3.15. The fourth-order valence-corrected chi connectivity index (χ4v) is 1.35. The Morgan fingerprint density at radius 3 is 1.92 bits per heavy atom. The molecule has 0 radical (unpaired) electrons. The van der Waals surface area contributed by atoms with Crippen molar-refractivity contribution in [2.24, 2.45) is 0 Å². The average Bonchev–Trinajstić information content (AvgIpc) is 2.16. The van der Waals surface area contributed by atoms with Crippen molar-refractivity contribution in [1.29, 1.82) is 0 Å². The molecule has 0 saturated heterocycles. The fraction of sp³-hybridized carbons (Fsp3) is 0.222. The van der Waals surface area contributed by atoms with Crippen LogP contribution in [0.2, 0.25) is 0 Å². The first-order valence-corrected chi connectivity index (χ1v) is 4.72. The molecule has 0 bridgehead atoms. The predicted molar refractivity (Wildman–Crippen MR) is 52.5 cm³/mol. The number of carbonyl (C=O) groups is 1. The van der Waals surface area contributed by atoms with E-state index in [1.165, 1.54) is 0 Å². The van der Waals surface area contributed by atoms with E-state index in [-0.39, 0.29) is 5.56 Å². The highest BCUT2D eigenvalue weighted by atomic mass is 35.5. The maximum Gasteiger partial charge on any atom is 0.335 e. The maximum atomic E-state index is 10.7. The quantitative estimate of drug-likeness (QED) is 0.793. The minimum Gasteiger partial charge on any atom is -0.478 e. The molecule has 1 N–H and O–H groups in total. The van der Waals surface area contributed by atoms with Gasteiger partial charge in [0.15, 0.2) is 0 Å². The summed E-state index contributed by atoms with van der Waals surface area (Å²) in [6.07, 6.45) is 0. The van der Waals surface area contributed by atoms with Crippen molar-refractivity contribution in [2.75, 3.05) is 0 Å². The number of aromatic carboxylic acids is 1. The molecule has 1 rings (SSSR count). The van der Waals surface area contributed by atoms with E-state index in [0.29, 0.717) is 11.8 Å². The minimum atomic E-state index is -0.960. The summed E-state index contributed by atoms with van der Waals surface area (Å²) < 4.78 is 0. The molecule has 0 fully saturated rings. The molecule has 0 aliphatic carbocycles. The van der Waals surface area contributed by atoms with Crippen molar-refractivity contribution in [3.63, 3.8) is 0 Å². The minimum absolute atomic E-state index is 0.230. The Morgan fingerprint density at radius 2 is 1.62 bits per heavy atom. The van der Waals surface area contributed by atoms with Crippen LogP contribution in [0, 0.1) is 0 Å². The summed E-state index contributed by atoms with van der Waals surface area (Å²) in [4.78, 5) is 10.7. The smallest absolute Gasteiger partial charge is 0.335 e. The third-order valence-electron chi connectivity index (χ3n) is 1.61. The molecule has 1 aromatic carbocycles. The van der Waals surface area contributed by atoms with Gasteiger partial charge in [-0.1, -0.05) is 6.07 Å². The molecule has 4 heteroatoms. The predicted octanol–water partition coefficient (Wildman–Crippen LogP) is 2.86. The molecule has 0 atom stereocenters. The summed E-state index contributed by atoms with van der Waals surface area (Å²) in [5, 5.41) is 8.74. The van der Waals surface area contributed by atoms with E-state index in [1.807, 2.05) is 0 Å². The summed E-state index contributed by atoms with van der Waals surface area (Å²) in [7, 11) is 0. The lowest BCUT2D eigenvalue weighted by Gasteiger charge is -2.02. The molecule has 0 heterocycles. The van der Waals surface area contributed by atoms with Gasteiger partial charge < -0.3 is 5.11 Å². The first-order chi connectivity index (χ1) is 6.17. The Labute approximate surface area is 86.1 Å². The topological polar surface area (TPSA) is 37.3 Å². The molecular formula is C9H8Cl2O2. The Morgan fingerprint density at radius 1 is 1.15 bits per heavy atom. The van der Waals surface area contributed by atoms with Crippen molar-refractivity contribution in [2.45, 2.75) is 11.8 Å². The van der Waals surface area contributed by atoms with Gasteiger partial charge in [-0.2, -0.15) is 0 Å². The van der Waals surface area contributed by atoms with Crippen LogP contribution in [0.4, 0.5) is 0 Å². The second kappa shape index (κ2) is 4.49. The third kappa shape index (κ3) is 2.61. The molecule has 13 heavy (non-hydrogen) atoms. The lowest BCUT2D eigenvalue weighted by molar-refractivity contribution is 0.0696. The first-order valence-electron chi connectivity index (χ1n) is 3.65. The average molecular weight is 219 g/mol. The Kier molecular flexibility index (Phi) is 3.58. The lowest BCUT2D eigenvalue weighted by Crippen LogP contribution is -1.98. The van der Waals surface area contributed by atoms with Crippen LogP contribution in [0.5, 0.6) is 0 Å². The Bertz CT molecular complexity index is 301. The first kappa shape index (κ1) is 10.4. The lowest BCUT2D eigenvalue weighted by atomic mass is 10.1. The molecule has 1 aromatic rings. The Balaban J connectivity index is 3.14. The van der Waals surface area contributed by atoms with E-state index in [4.69, 9.17) is 28.3 Å². The summed E-state index contributed by atoms with van der Waals surface area (Å²) in [5.41, 5.74) is 1.78. The number of carboxylic acids is 1. The molecule has 0 aliphatic heterocycles. The van der Waals surface area contributed by atoms with Gasteiger partial charge in [-0.3, -0.25) is 0 Å². The molecule has 2 nitrogen and oxygen atoms in total. The number of carboxylic acid groups (broad SMARTS) is 1. The number of hydrogen-bond acceptors (Lipinski definition) is 1. The van der Waals surface area contributed by atoms with Gasteiger partial charge in [-0.15, -0.1) is 23.2 Å². The van der Waals surface area contributed by atoms with Crippen molar-refractivity contribution in [3.05, 3.63) is 34.9 Å². The van der Waals surface area contributed by atoms with E-state index in [2.05, 4.69) is 0 Å². The van der Waals surface area contributed by atoms with Gasteiger partial charge in [-0.05, 0) is 23.3 Å². The van der Waals surface area contributed by atoms with E-state index in [0.717, 1.165) is 11.1 Å². The van der Waals surface area contributed by atoms with Crippen LogP contribution in [0.3, 0.4) is 0 Å². The van der Waals surface area contributed by atoms with E-state index in [1.54, 1.807) is 18.2 Å². The fourth-order valence-electron chi connectivity index (χ4n) is 1.04. The maximum absolute atomic E-state index is 10.7. The molecule has 0 amide bonds. The zero-order valence-corrected chi connectivity index (χ0v) is 8.27. The van der Waals surface area contributed by atoms with E-state index < -0.39 is 5.97 Å². The zero-order valence-electron chi connectivity index (χ0n) is 6.76. The second-order valence-electron chi connectivity index (χ2n) is 2.61. The van der Waals surface area contributed by atoms with Gasteiger partial charge in [0.25, 0.3) is 0 Å². The summed E-state index contributed by atoms with van der Waals surface area (Å²) in [5.74, 6) is -0.367. The highest BCUT2D eigenvalue weighted by Crippen LogP contribution is 2.14. The molecule has 0 unspecified atom stereocenters. The van der Waals surface area contributed by atoms with Crippen LogP contribution in [0.1, 0.15) is 21.5 Å². The normalized spacial score (nSPS) is 10.0. The molecule has 0 aliphatic rings. The van der Waals surface area contributed by atoms with Gasteiger partial charge in [0.05, 0.1) is 5.56 Å². The molecular weight excluding hydrogens is 211 g/mol. The molecule has 0 spiro atoms. The molecule has 0 aromatic heterocycles. The third-order valence-corrected chi connectivity index (χ3v) is 2.23. The SMILES string of the molecule is O=C(O)c1cc(CCl)cc(CCl)c1. The van der Waals surface area contributed by atoms with Gasteiger partial charge in [0, 0.05) is 11.8 Å². The molecule has 70 valence electrons. The van der Waals surface area contributed by atoms with Gasteiger partial charge >= 0.3 is 5.97 Å². The van der Waals surface area contributed by atoms with Crippen LogP contribution in [0.25, 0.3) is 0 Å². The van der Waals surface area contributed by atoms with Gasteiger partial charge in [0.1, 0.15) is 0 Å². The summed E-state index contributed by atoms with van der Waals surface area (Å²) >= 11 is 11.2. The summed E-state index contributed by atoms with van der Waals surface area (Å²) in [6.45, 7) is 0. The highest BCUT2D eigenvalue weighted by Gasteiger charge is 2.05. The van der Waals surface area contributed by atoms with Gasteiger partial charge in [-0.25, -0.2) is 4.79 Å². The number of alkyl halides is 2. The number of hydrogen-bond donors (Lipinski definition) is 1. The number of benzene rings is 1. The van der Waals surface area contributed by atoms with Crippen LogP contribution in [-0.4, -0.2) is 11.1 Å². The zero-order chi connectivity index (χ0) is 9.84. The van der Waals surface area contributed by atoms with E-state index >= 15 is 0 Å². The highest BCUT2D eigenvalue weighted by molar-refractivity contribution is 6.17. The van der Waals surface area contributed by atoms with E-state index in [9.17, 15) is 4.79 Å². The van der Waals surface area contributed by atoms with Crippen LogP contribution in [0.15, 0.2) is 18.2 Å². The van der Waals surface area contributed by atoms with Crippen molar-refractivity contribution >= 4 is 29.2 Å². The van der Waals surface area contributed by atoms with Gasteiger partial charge in [0.2, 0.25) is 0 Å². The summed E-state index contributed by atoms with van der Waals surface area (Å²) in [6, 6.07) is 4.89. The number of rotatable bonds is 3. The monoisotopic (exact) mass is 218 g/mol. The molecule has 0 saturated carbocycles. The number of halogens is 2.